The zero-order chi connectivity index (χ0) is 15.1. The molecule has 0 unspecified atom stereocenters. The van der Waals surface area contributed by atoms with Crippen molar-refractivity contribution in [1.82, 2.24) is 15.3 Å². The summed E-state index contributed by atoms with van der Waals surface area (Å²) in [6, 6.07) is 7.80. The van der Waals surface area contributed by atoms with E-state index in [0.29, 0.717) is 13.0 Å². The minimum absolute atomic E-state index is 0.237. The summed E-state index contributed by atoms with van der Waals surface area (Å²) < 4.78 is 0. The fourth-order valence-electron chi connectivity index (χ4n) is 1.64. The van der Waals surface area contributed by atoms with Crippen LogP contribution in [0.15, 0.2) is 42.7 Å². The molecular formula is C14H14N4O3. The lowest BCUT2D eigenvalue weighted by Gasteiger charge is -2.06. The molecule has 1 aromatic heterocycles. The molecule has 0 spiro atoms. The van der Waals surface area contributed by atoms with Crippen molar-refractivity contribution in [3.8, 4) is 0 Å². The van der Waals surface area contributed by atoms with Gasteiger partial charge in [-0.1, -0.05) is 12.1 Å². The average Bonchev–Trinajstić information content (AvgIpc) is 2.49. The predicted octanol–water partition coefficient (Wildman–Crippen LogP) is 1.54. The molecule has 3 N–H and O–H groups in total. The number of hydrogen-bond donors (Lipinski definition) is 3. The topological polar surface area (TPSA) is 104 Å². The van der Waals surface area contributed by atoms with Crippen molar-refractivity contribution >= 4 is 17.9 Å². The van der Waals surface area contributed by atoms with Crippen molar-refractivity contribution in [3.05, 3.63) is 53.9 Å². The molecule has 21 heavy (non-hydrogen) atoms. The molecule has 2 amide bonds. The van der Waals surface area contributed by atoms with Gasteiger partial charge < -0.3 is 10.4 Å². The van der Waals surface area contributed by atoms with Crippen molar-refractivity contribution < 1.29 is 14.7 Å². The summed E-state index contributed by atoms with van der Waals surface area (Å²) in [4.78, 5) is 30.0. The van der Waals surface area contributed by atoms with Crippen LogP contribution in [-0.4, -0.2) is 33.6 Å². The van der Waals surface area contributed by atoms with Gasteiger partial charge in [0, 0.05) is 18.9 Å². The molecule has 0 radical (unpaired) electrons. The molecule has 1 aromatic carbocycles. The largest absolute Gasteiger partial charge is 0.478 e. The number of amides is 2. The summed E-state index contributed by atoms with van der Waals surface area (Å²) in [7, 11) is 0. The van der Waals surface area contributed by atoms with Gasteiger partial charge in [-0.15, -0.1) is 0 Å². The highest BCUT2D eigenvalue weighted by atomic mass is 16.4. The molecule has 0 atom stereocenters. The van der Waals surface area contributed by atoms with Gasteiger partial charge >= 0.3 is 12.0 Å². The van der Waals surface area contributed by atoms with Crippen molar-refractivity contribution in [2.24, 2.45) is 0 Å². The monoisotopic (exact) mass is 286 g/mol. The van der Waals surface area contributed by atoms with Crippen LogP contribution < -0.4 is 10.6 Å². The van der Waals surface area contributed by atoms with E-state index in [4.69, 9.17) is 5.11 Å². The Morgan fingerprint density at radius 1 is 1.10 bits per heavy atom. The predicted molar refractivity (Wildman–Crippen MR) is 76.2 cm³/mol. The lowest BCUT2D eigenvalue weighted by Crippen LogP contribution is -2.31. The molecular weight excluding hydrogens is 272 g/mol. The van der Waals surface area contributed by atoms with Gasteiger partial charge in [-0.05, 0) is 30.2 Å². The van der Waals surface area contributed by atoms with E-state index in [1.807, 2.05) is 0 Å². The third-order valence-electron chi connectivity index (χ3n) is 2.69. The minimum atomic E-state index is -0.957. The lowest BCUT2D eigenvalue weighted by molar-refractivity contribution is 0.0697. The molecule has 0 aliphatic rings. The third-order valence-corrected chi connectivity index (χ3v) is 2.69. The molecule has 0 aliphatic heterocycles. The maximum Gasteiger partial charge on any atom is 0.335 e. The summed E-state index contributed by atoms with van der Waals surface area (Å²) in [6.45, 7) is 0.422. The molecule has 1 heterocycles. The average molecular weight is 286 g/mol. The molecule has 7 heteroatoms. The number of carbonyl (C=O) groups is 2. The molecule has 0 saturated carbocycles. The number of carboxylic acids is 1. The second kappa shape index (κ2) is 6.99. The molecule has 7 nitrogen and oxygen atoms in total. The number of urea groups is 1. The van der Waals surface area contributed by atoms with E-state index in [9.17, 15) is 9.59 Å². The number of rotatable bonds is 5. The molecule has 0 saturated heterocycles. The second-order valence-corrected chi connectivity index (χ2v) is 4.21. The van der Waals surface area contributed by atoms with Crippen LogP contribution in [0, 0.1) is 0 Å². The molecule has 0 bridgehead atoms. The first-order valence-corrected chi connectivity index (χ1v) is 6.29. The second-order valence-electron chi connectivity index (χ2n) is 4.21. The summed E-state index contributed by atoms with van der Waals surface area (Å²) in [5.41, 5.74) is 1.18. The Labute approximate surface area is 121 Å². The first kappa shape index (κ1) is 14.4. The van der Waals surface area contributed by atoms with Crippen LogP contribution in [0.3, 0.4) is 0 Å². The fraction of sp³-hybridized carbons (Fsp3) is 0.143. The minimum Gasteiger partial charge on any atom is -0.478 e. The van der Waals surface area contributed by atoms with E-state index < -0.39 is 5.97 Å². The van der Waals surface area contributed by atoms with Crippen LogP contribution in [0.25, 0.3) is 0 Å². The molecule has 0 fully saturated rings. The van der Waals surface area contributed by atoms with Crippen LogP contribution >= 0.6 is 0 Å². The van der Waals surface area contributed by atoms with Gasteiger partial charge in [0.05, 0.1) is 5.56 Å². The van der Waals surface area contributed by atoms with Gasteiger partial charge in [0.2, 0.25) is 5.95 Å². The third kappa shape index (κ3) is 4.57. The highest BCUT2D eigenvalue weighted by molar-refractivity contribution is 5.87. The van der Waals surface area contributed by atoms with Gasteiger partial charge in [-0.2, -0.15) is 0 Å². The number of anilines is 1. The standard InChI is InChI=1S/C14H14N4O3/c19-12(20)11-4-2-10(3-5-11)6-9-17-14(21)18-13-15-7-1-8-16-13/h1-5,7-8H,6,9H2,(H,19,20)(H2,15,16,17,18,21). The summed E-state index contributed by atoms with van der Waals surface area (Å²) in [5, 5.41) is 14.0. The van der Waals surface area contributed by atoms with Gasteiger partial charge in [0.25, 0.3) is 0 Å². The van der Waals surface area contributed by atoms with Gasteiger partial charge in [0.1, 0.15) is 0 Å². The summed E-state index contributed by atoms with van der Waals surface area (Å²) >= 11 is 0. The van der Waals surface area contributed by atoms with E-state index in [1.165, 1.54) is 24.5 Å². The fourth-order valence-corrected chi connectivity index (χ4v) is 1.64. The Balaban J connectivity index is 1.76. The number of benzene rings is 1. The first-order chi connectivity index (χ1) is 10.1. The van der Waals surface area contributed by atoms with Crippen molar-refractivity contribution in [2.75, 3.05) is 11.9 Å². The van der Waals surface area contributed by atoms with Crippen LogP contribution in [0.1, 0.15) is 15.9 Å². The van der Waals surface area contributed by atoms with Gasteiger partial charge in [0.15, 0.2) is 0 Å². The Morgan fingerprint density at radius 3 is 2.38 bits per heavy atom. The highest BCUT2D eigenvalue weighted by Crippen LogP contribution is 2.04. The number of aromatic carboxylic acids is 1. The van der Waals surface area contributed by atoms with E-state index in [2.05, 4.69) is 20.6 Å². The van der Waals surface area contributed by atoms with E-state index in [0.717, 1.165) is 5.56 Å². The van der Waals surface area contributed by atoms with E-state index in [-0.39, 0.29) is 17.5 Å². The lowest BCUT2D eigenvalue weighted by atomic mass is 10.1. The smallest absolute Gasteiger partial charge is 0.335 e. The number of carbonyl (C=O) groups excluding carboxylic acids is 1. The number of hydrogen-bond acceptors (Lipinski definition) is 4. The Morgan fingerprint density at radius 2 is 1.76 bits per heavy atom. The molecule has 2 rings (SSSR count). The van der Waals surface area contributed by atoms with Crippen LogP contribution in [0.2, 0.25) is 0 Å². The van der Waals surface area contributed by atoms with Crippen LogP contribution in [-0.2, 0) is 6.42 Å². The van der Waals surface area contributed by atoms with Crippen molar-refractivity contribution in [2.45, 2.75) is 6.42 Å². The number of nitrogens with zero attached hydrogens (tertiary/aromatic N) is 2. The van der Waals surface area contributed by atoms with Crippen LogP contribution in [0.4, 0.5) is 10.7 Å². The Kier molecular flexibility index (Phi) is 4.81. The zero-order valence-electron chi connectivity index (χ0n) is 11.1. The quantitative estimate of drug-likeness (QED) is 0.773. The van der Waals surface area contributed by atoms with Crippen molar-refractivity contribution in [1.29, 1.82) is 0 Å². The van der Waals surface area contributed by atoms with E-state index >= 15 is 0 Å². The normalized spacial score (nSPS) is 9.90. The molecule has 108 valence electrons. The molecule has 0 aliphatic carbocycles. The van der Waals surface area contributed by atoms with Crippen LogP contribution in [0.5, 0.6) is 0 Å². The maximum absolute atomic E-state index is 11.6. The highest BCUT2D eigenvalue weighted by Gasteiger charge is 2.04. The number of nitrogens with one attached hydrogen (secondary N) is 2. The summed E-state index contributed by atoms with van der Waals surface area (Å²) in [6.07, 6.45) is 3.67. The van der Waals surface area contributed by atoms with Crippen molar-refractivity contribution in [3.63, 3.8) is 0 Å². The SMILES string of the molecule is O=C(NCCc1ccc(C(=O)O)cc1)Nc1ncccn1. The first-order valence-electron chi connectivity index (χ1n) is 6.29. The summed E-state index contributed by atoms with van der Waals surface area (Å²) in [5.74, 6) is -0.720. The van der Waals surface area contributed by atoms with Gasteiger partial charge in [-0.3, -0.25) is 5.32 Å². The van der Waals surface area contributed by atoms with E-state index in [1.54, 1.807) is 18.2 Å². The maximum atomic E-state index is 11.6. The van der Waals surface area contributed by atoms with Gasteiger partial charge in [-0.25, -0.2) is 19.6 Å². The Hall–Kier alpha value is -2.96. The zero-order valence-corrected chi connectivity index (χ0v) is 11.1. The molecule has 2 aromatic rings. The number of aromatic nitrogens is 2. The Bertz CT molecular complexity index is 614. The number of carboxylic acid groups (broad SMARTS) is 1.